The number of nitrogens with one attached hydrogen (secondary N) is 1. The van der Waals surface area contributed by atoms with Crippen LogP contribution in [0, 0.1) is 0 Å². The van der Waals surface area contributed by atoms with Crippen molar-refractivity contribution in [2.45, 2.75) is 38.3 Å². The standard InChI is InChI=1S/C15H23N3O2/c16-11-12-4-3-5-13(10-12)17-15(20)18(8-9-19)14-6-1-2-7-14/h3-5,10,14,19H,1-2,6-9,11,16H2,(H,17,20). The van der Waals surface area contributed by atoms with E-state index in [4.69, 9.17) is 10.8 Å². The molecule has 0 radical (unpaired) electrons. The number of rotatable bonds is 5. The molecule has 0 saturated heterocycles. The molecule has 1 aromatic carbocycles. The quantitative estimate of drug-likeness (QED) is 0.769. The van der Waals surface area contributed by atoms with Crippen LogP contribution in [0.5, 0.6) is 0 Å². The van der Waals surface area contributed by atoms with E-state index in [9.17, 15) is 4.79 Å². The van der Waals surface area contributed by atoms with Crippen LogP contribution in [0.2, 0.25) is 0 Å². The number of amides is 2. The molecular weight excluding hydrogens is 254 g/mol. The average molecular weight is 277 g/mol. The first-order valence-corrected chi connectivity index (χ1v) is 7.22. The van der Waals surface area contributed by atoms with Crippen LogP contribution in [0.3, 0.4) is 0 Å². The summed E-state index contributed by atoms with van der Waals surface area (Å²) in [5.41, 5.74) is 7.33. The van der Waals surface area contributed by atoms with Gasteiger partial charge in [-0.05, 0) is 30.5 Å². The van der Waals surface area contributed by atoms with Gasteiger partial charge in [-0.15, -0.1) is 0 Å². The number of anilines is 1. The molecule has 5 nitrogen and oxygen atoms in total. The zero-order valence-electron chi connectivity index (χ0n) is 11.7. The van der Waals surface area contributed by atoms with E-state index in [1.807, 2.05) is 24.3 Å². The first-order chi connectivity index (χ1) is 9.74. The Hall–Kier alpha value is -1.59. The molecule has 2 amide bonds. The highest BCUT2D eigenvalue weighted by Crippen LogP contribution is 2.24. The summed E-state index contributed by atoms with van der Waals surface area (Å²) in [5.74, 6) is 0. The maximum atomic E-state index is 12.4. The van der Waals surface area contributed by atoms with Crippen molar-refractivity contribution in [3.05, 3.63) is 29.8 Å². The van der Waals surface area contributed by atoms with Crippen molar-refractivity contribution in [3.63, 3.8) is 0 Å². The molecular formula is C15H23N3O2. The molecule has 1 aliphatic carbocycles. The van der Waals surface area contributed by atoms with Gasteiger partial charge in [0.1, 0.15) is 0 Å². The summed E-state index contributed by atoms with van der Waals surface area (Å²) in [6.07, 6.45) is 4.36. The van der Waals surface area contributed by atoms with E-state index in [0.29, 0.717) is 13.1 Å². The molecule has 0 aliphatic heterocycles. The number of aliphatic hydroxyl groups excluding tert-OH is 1. The Morgan fingerprint density at radius 2 is 2.15 bits per heavy atom. The summed E-state index contributed by atoms with van der Waals surface area (Å²) >= 11 is 0. The van der Waals surface area contributed by atoms with Gasteiger partial charge in [0.15, 0.2) is 0 Å². The fraction of sp³-hybridized carbons (Fsp3) is 0.533. The van der Waals surface area contributed by atoms with E-state index < -0.39 is 0 Å². The molecule has 1 fully saturated rings. The molecule has 0 bridgehead atoms. The number of nitrogens with zero attached hydrogens (tertiary/aromatic N) is 1. The second kappa shape index (κ2) is 7.26. The van der Waals surface area contributed by atoms with Crippen molar-refractivity contribution < 1.29 is 9.90 Å². The van der Waals surface area contributed by atoms with Crippen molar-refractivity contribution in [1.29, 1.82) is 0 Å². The van der Waals surface area contributed by atoms with E-state index >= 15 is 0 Å². The fourth-order valence-electron chi connectivity index (χ4n) is 2.74. The molecule has 4 N–H and O–H groups in total. The van der Waals surface area contributed by atoms with Crippen LogP contribution < -0.4 is 11.1 Å². The first kappa shape index (κ1) is 14.8. The molecule has 0 spiro atoms. The van der Waals surface area contributed by atoms with Crippen LogP contribution in [-0.4, -0.2) is 35.2 Å². The molecule has 1 aliphatic rings. The van der Waals surface area contributed by atoms with Crippen LogP contribution in [0.4, 0.5) is 10.5 Å². The van der Waals surface area contributed by atoms with Gasteiger partial charge in [0, 0.05) is 24.8 Å². The van der Waals surface area contributed by atoms with Gasteiger partial charge in [0.25, 0.3) is 0 Å². The van der Waals surface area contributed by atoms with Gasteiger partial charge in [-0.2, -0.15) is 0 Å². The molecule has 110 valence electrons. The van der Waals surface area contributed by atoms with Crippen molar-refractivity contribution in [3.8, 4) is 0 Å². The largest absolute Gasteiger partial charge is 0.395 e. The highest BCUT2D eigenvalue weighted by atomic mass is 16.3. The van der Waals surface area contributed by atoms with Crippen LogP contribution in [0.15, 0.2) is 24.3 Å². The lowest BCUT2D eigenvalue weighted by Gasteiger charge is -2.28. The number of nitrogens with two attached hydrogens (primary N) is 1. The molecule has 2 rings (SSSR count). The predicted molar refractivity (Wildman–Crippen MR) is 79.4 cm³/mol. The zero-order chi connectivity index (χ0) is 14.4. The maximum Gasteiger partial charge on any atom is 0.322 e. The van der Waals surface area contributed by atoms with Crippen molar-refractivity contribution in [2.75, 3.05) is 18.5 Å². The van der Waals surface area contributed by atoms with Gasteiger partial charge in [-0.1, -0.05) is 25.0 Å². The van der Waals surface area contributed by atoms with Crippen molar-refractivity contribution in [1.82, 2.24) is 4.90 Å². The minimum atomic E-state index is -0.139. The molecule has 0 aromatic heterocycles. The predicted octanol–water partition coefficient (Wildman–Crippen LogP) is 1.91. The lowest BCUT2D eigenvalue weighted by molar-refractivity contribution is 0.163. The summed E-state index contributed by atoms with van der Waals surface area (Å²) in [6.45, 7) is 0.826. The van der Waals surface area contributed by atoms with Crippen LogP contribution in [0.1, 0.15) is 31.2 Å². The maximum absolute atomic E-state index is 12.4. The van der Waals surface area contributed by atoms with Gasteiger partial charge in [0.2, 0.25) is 0 Å². The van der Waals surface area contributed by atoms with E-state index in [1.54, 1.807) is 4.90 Å². The fourth-order valence-corrected chi connectivity index (χ4v) is 2.74. The van der Waals surface area contributed by atoms with Gasteiger partial charge in [-0.25, -0.2) is 4.79 Å². The minimum absolute atomic E-state index is 0.00718. The average Bonchev–Trinajstić information content (AvgIpc) is 2.98. The number of hydrogen-bond donors (Lipinski definition) is 3. The zero-order valence-corrected chi connectivity index (χ0v) is 11.7. The molecule has 1 saturated carbocycles. The second-order valence-electron chi connectivity index (χ2n) is 5.19. The first-order valence-electron chi connectivity index (χ1n) is 7.22. The Bertz CT molecular complexity index is 444. The summed E-state index contributed by atoms with van der Waals surface area (Å²) < 4.78 is 0. The summed E-state index contributed by atoms with van der Waals surface area (Å²) in [4.78, 5) is 14.1. The molecule has 5 heteroatoms. The van der Waals surface area contributed by atoms with Gasteiger partial charge < -0.3 is 21.1 Å². The summed E-state index contributed by atoms with van der Waals surface area (Å²) in [7, 11) is 0. The monoisotopic (exact) mass is 277 g/mol. The molecule has 0 heterocycles. The third kappa shape index (κ3) is 3.71. The SMILES string of the molecule is NCc1cccc(NC(=O)N(CCO)C2CCCC2)c1. The van der Waals surface area contributed by atoms with E-state index in [-0.39, 0.29) is 18.7 Å². The summed E-state index contributed by atoms with van der Waals surface area (Å²) in [6, 6.07) is 7.65. The summed E-state index contributed by atoms with van der Waals surface area (Å²) in [5, 5.41) is 12.1. The minimum Gasteiger partial charge on any atom is -0.395 e. The van der Waals surface area contributed by atoms with Crippen molar-refractivity contribution in [2.24, 2.45) is 5.73 Å². The molecule has 20 heavy (non-hydrogen) atoms. The molecule has 0 atom stereocenters. The Morgan fingerprint density at radius 1 is 1.40 bits per heavy atom. The number of hydrogen-bond acceptors (Lipinski definition) is 3. The van der Waals surface area contributed by atoms with Crippen LogP contribution >= 0.6 is 0 Å². The van der Waals surface area contributed by atoms with E-state index in [2.05, 4.69) is 5.32 Å². The van der Waals surface area contributed by atoms with Gasteiger partial charge >= 0.3 is 6.03 Å². The van der Waals surface area contributed by atoms with Crippen molar-refractivity contribution >= 4 is 11.7 Å². The third-order valence-corrected chi connectivity index (χ3v) is 3.78. The highest BCUT2D eigenvalue weighted by Gasteiger charge is 2.26. The highest BCUT2D eigenvalue weighted by molar-refractivity contribution is 5.89. The topological polar surface area (TPSA) is 78.6 Å². The molecule has 0 unspecified atom stereocenters. The lowest BCUT2D eigenvalue weighted by Crippen LogP contribution is -2.43. The Morgan fingerprint density at radius 3 is 2.80 bits per heavy atom. The normalized spacial score (nSPS) is 15.3. The van der Waals surface area contributed by atoms with Crippen LogP contribution in [-0.2, 0) is 6.54 Å². The molecule has 1 aromatic rings. The Labute approximate surface area is 119 Å². The third-order valence-electron chi connectivity index (χ3n) is 3.78. The number of carbonyl (C=O) groups excluding carboxylic acids is 1. The smallest absolute Gasteiger partial charge is 0.322 e. The van der Waals surface area contributed by atoms with E-state index in [1.165, 1.54) is 0 Å². The number of aliphatic hydroxyl groups is 1. The number of urea groups is 1. The van der Waals surface area contributed by atoms with Crippen LogP contribution in [0.25, 0.3) is 0 Å². The lowest BCUT2D eigenvalue weighted by atomic mass is 10.2. The van der Waals surface area contributed by atoms with Gasteiger partial charge in [0.05, 0.1) is 6.61 Å². The second-order valence-corrected chi connectivity index (χ2v) is 5.19. The number of carbonyl (C=O) groups is 1. The Kier molecular flexibility index (Phi) is 5.38. The Balaban J connectivity index is 2.03. The van der Waals surface area contributed by atoms with Gasteiger partial charge in [-0.3, -0.25) is 0 Å². The van der Waals surface area contributed by atoms with E-state index in [0.717, 1.165) is 36.9 Å². The number of benzene rings is 1.